The van der Waals surface area contributed by atoms with Crippen molar-refractivity contribution in [2.75, 3.05) is 29.9 Å². The summed E-state index contributed by atoms with van der Waals surface area (Å²) in [5.41, 5.74) is 0.652. The topological polar surface area (TPSA) is 91.7 Å². The van der Waals surface area contributed by atoms with Gasteiger partial charge in [-0.3, -0.25) is 19.2 Å². The number of benzene rings is 1. The SMILES string of the molecule is Cn1cc(C(=O)N2CCCCC2)cc(NC(=O)C2CC(=O)N(c3ccc(Cl)cc3)C2)c1=O. The van der Waals surface area contributed by atoms with Gasteiger partial charge in [0.2, 0.25) is 11.8 Å². The van der Waals surface area contributed by atoms with Crippen molar-refractivity contribution in [3.05, 3.63) is 57.5 Å². The molecule has 2 aromatic rings. The number of hydrogen-bond acceptors (Lipinski definition) is 4. The first kappa shape index (κ1) is 22.1. The molecule has 4 rings (SSSR count). The van der Waals surface area contributed by atoms with Crippen molar-refractivity contribution < 1.29 is 14.4 Å². The fourth-order valence-electron chi connectivity index (χ4n) is 4.19. The summed E-state index contributed by atoms with van der Waals surface area (Å²) in [7, 11) is 1.55. The minimum Gasteiger partial charge on any atom is -0.339 e. The molecule has 32 heavy (non-hydrogen) atoms. The van der Waals surface area contributed by atoms with E-state index in [0.29, 0.717) is 29.4 Å². The molecule has 2 fully saturated rings. The lowest BCUT2D eigenvalue weighted by molar-refractivity contribution is -0.122. The first-order chi connectivity index (χ1) is 15.3. The van der Waals surface area contributed by atoms with Gasteiger partial charge in [0.15, 0.2) is 0 Å². The fourth-order valence-corrected chi connectivity index (χ4v) is 4.31. The summed E-state index contributed by atoms with van der Waals surface area (Å²) in [5, 5.41) is 3.21. The van der Waals surface area contributed by atoms with Gasteiger partial charge in [0.25, 0.3) is 11.5 Å². The number of rotatable bonds is 4. The van der Waals surface area contributed by atoms with Gasteiger partial charge in [0.1, 0.15) is 5.69 Å². The van der Waals surface area contributed by atoms with Gasteiger partial charge >= 0.3 is 0 Å². The molecule has 0 radical (unpaired) electrons. The Morgan fingerprint density at radius 3 is 2.44 bits per heavy atom. The second-order valence-corrected chi connectivity index (χ2v) is 8.72. The molecule has 3 heterocycles. The van der Waals surface area contributed by atoms with Gasteiger partial charge in [-0.05, 0) is 49.6 Å². The highest BCUT2D eigenvalue weighted by molar-refractivity contribution is 6.30. The summed E-state index contributed by atoms with van der Waals surface area (Å²) in [6.45, 7) is 1.58. The second-order valence-electron chi connectivity index (χ2n) is 8.28. The van der Waals surface area contributed by atoms with Crippen LogP contribution in [0.15, 0.2) is 41.3 Å². The van der Waals surface area contributed by atoms with Crippen LogP contribution in [0, 0.1) is 5.92 Å². The molecule has 1 atom stereocenters. The third kappa shape index (κ3) is 4.55. The molecule has 0 saturated carbocycles. The van der Waals surface area contributed by atoms with Crippen LogP contribution in [0.3, 0.4) is 0 Å². The van der Waals surface area contributed by atoms with Gasteiger partial charge < -0.3 is 19.7 Å². The molecule has 3 amide bonds. The number of carbonyl (C=O) groups excluding carboxylic acids is 3. The van der Waals surface area contributed by atoms with Crippen LogP contribution in [-0.2, 0) is 16.6 Å². The number of halogens is 1. The number of carbonyl (C=O) groups is 3. The Balaban J connectivity index is 1.50. The maximum atomic E-state index is 12.9. The zero-order chi connectivity index (χ0) is 22.8. The summed E-state index contributed by atoms with van der Waals surface area (Å²) >= 11 is 5.91. The number of nitrogens with zero attached hydrogens (tertiary/aromatic N) is 3. The lowest BCUT2D eigenvalue weighted by Gasteiger charge is -2.27. The van der Waals surface area contributed by atoms with Crippen molar-refractivity contribution in [2.45, 2.75) is 25.7 Å². The molecular weight excluding hydrogens is 432 g/mol. The number of likely N-dealkylation sites (tertiary alicyclic amines) is 1. The average Bonchev–Trinajstić information content (AvgIpc) is 3.19. The Bertz CT molecular complexity index is 1110. The summed E-state index contributed by atoms with van der Waals surface area (Å²) in [4.78, 5) is 54.1. The number of aryl methyl sites for hydroxylation is 1. The molecule has 8 nitrogen and oxygen atoms in total. The van der Waals surface area contributed by atoms with Crippen LogP contribution in [-0.4, -0.2) is 46.8 Å². The first-order valence-electron chi connectivity index (χ1n) is 10.7. The minimum absolute atomic E-state index is 0.0396. The van der Waals surface area contributed by atoms with Gasteiger partial charge in [-0.15, -0.1) is 0 Å². The van der Waals surface area contributed by atoms with Crippen molar-refractivity contribution in [2.24, 2.45) is 13.0 Å². The number of hydrogen-bond donors (Lipinski definition) is 1. The summed E-state index contributed by atoms with van der Waals surface area (Å²) in [6, 6.07) is 8.26. The van der Waals surface area contributed by atoms with Crippen molar-refractivity contribution in [3.8, 4) is 0 Å². The number of anilines is 2. The van der Waals surface area contributed by atoms with Gasteiger partial charge in [-0.2, -0.15) is 0 Å². The molecule has 0 bridgehead atoms. The van der Waals surface area contributed by atoms with E-state index in [9.17, 15) is 19.2 Å². The van der Waals surface area contributed by atoms with Crippen LogP contribution in [0.25, 0.3) is 0 Å². The normalized spacial score (nSPS) is 18.7. The zero-order valence-electron chi connectivity index (χ0n) is 17.8. The molecule has 1 aromatic carbocycles. The lowest BCUT2D eigenvalue weighted by atomic mass is 10.1. The lowest BCUT2D eigenvalue weighted by Crippen LogP contribution is -2.37. The molecule has 2 aliphatic rings. The van der Waals surface area contributed by atoms with Crippen molar-refractivity contribution >= 4 is 40.7 Å². The van der Waals surface area contributed by atoms with Crippen molar-refractivity contribution in [1.29, 1.82) is 0 Å². The molecule has 168 valence electrons. The predicted molar refractivity (Wildman–Crippen MR) is 122 cm³/mol. The maximum absolute atomic E-state index is 12.9. The number of pyridine rings is 1. The quantitative estimate of drug-likeness (QED) is 0.765. The van der Waals surface area contributed by atoms with Crippen LogP contribution in [0.2, 0.25) is 5.02 Å². The van der Waals surface area contributed by atoms with Crippen LogP contribution >= 0.6 is 11.6 Å². The molecule has 2 aliphatic heterocycles. The zero-order valence-corrected chi connectivity index (χ0v) is 18.6. The Hall–Kier alpha value is -3.13. The molecule has 2 saturated heterocycles. The fraction of sp³-hybridized carbons (Fsp3) is 0.391. The Morgan fingerprint density at radius 2 is 1.75 bits per heavy atom. The molecule has 9 heteroatoms. The number of amides is 3. The van der Waals surface area contributed by atoms with E-state index in [1.807, 2.05) is 0 Å². The van der Waals surface area contributed by atoms with E-state index in [-0.39, 0.29) is 30.5 Å². The van der Waals surface area contributed by atoms with Gasteiger partial charge in [-0.1, -0.05) is 11.6 Å². The third-order valence-electron chi connectivity index (χ3n) is 5.97. The smallest absolute Gasteiger partial charge is 0.274 e. The predicted octanol–water partition coefficient (Wildman–Crippen LogP) is 2.66. The van der Waals surface area contributed by atoms with Gasteiger partial charge in [0.05, 0.1) is 11.5 Å². The van der Waals surface area contributed by atoms with Gasteiger partial charge in [-0.25, -0.2) is 0 Å². The van der Waals surface area contributed by atoms with Crippen LogP contribution in [0.1, 0.15) is 36.0 Å². The van der Waals surface area contributed by atoms with Crippen molar-refractivity contribution in [3.63, 3.8) is 0 Å². The molecule has 1 unspecified atom stereocenters. The van der Waals surface area contributed by atoms with Crippen LogP contribution < -0.4 is 15.8 Å². The third-order valence-corrected chi connectivity index (χ3v) is 6.22. The van der Waals surface area contributed by atoms with Crippen LogP contribution in [0.5, 0.6) is 0 Å². The van der Waals surface area contributed by atoms with E-state index in [2.05, 4.69) is 5.32 Å². The molecule has 1 aromatic heterocycles. The Kier molecular flexibility index (Phi) is 6.32. The summed E-state index contributed by atoms with van der Waals surface area (Å²) in [6.07, 6.45) is 4.56. The largest absolute Gasteiger partial charge is 0.339 e. The number of piperidine rings is 1. The number of aromatic nitrogens is 1. The monoisotopic (exact) mass is 456 g/mol. The molecular formula is C23H25ClN4O4. The summed E-state index contributed by atoms with van der Waals surface area (Å²) < 4.78 is 1.30. The molecule has 0 spiro atoms. The van der Waals surface area contributed by atoms with E-state index >= 15 is 0 Å². The van der Waals surface area contributed by atoms with E-state index in [0.717, 1.165) is 19.3 Å². The molecule has 1 N–H and O–H groups in total. The Labute approximate surface area is 190 Å². The van der Waals surface area contributed by atoms with E-state index in [1.54, 1.807) is 36.2 Å². The van der Waals surface area contributed by atoms with Crippen LogP contribution in [0.4, 0.5) is 11.4 Å². The summed E-state index contributed by atoms with van der Waals surface area (Å²) in [5.74, 6) is -1.35. The van der Waals surface area contributed by atoms with Crippen molar-refractivity contribution in [1.82, 2.24) is 9.47 Å². The number of nitrogens with one attached hydrogen (secondary N) is 1. The highest BCUT2D eigenvalue weighted by Crippen LogP contribution is 2.27. The highest BCUT2D eigenvalue weighted by atomic mass is 35.5. The first-order valence-corrected chi connectivity index (χ1v) is 11.1. The van der Waals surface area contributed by atoms with E-state index in [4.69, 9.17) is 11.6 Å². The van der Waals surface area contributed by atoms with Gasteiger partial charge in [0, 0.05) is 50.0 Å². The second kappa shape index (κ2) is 9.16. The maximum Gasteiger partial charge on any atom is 0.274 e. The van der Waals surface area contributed by atoms with E-state index in [1.165, 1.54) is 21.7 Å². The van der Waals surface area contributed by atoms with E-state index < -0.39 is 17.4 Å². The minimum atomic E-state index is -0.607. The average molecular weight is 457 g/mol. The molecule has 0 aliphatic carbocycles. The Morgan fingerprint density at radius 1 is 1.06 bits per heavy atom. The highest BCUT2D eigenvalue weighted by Gasteiger charge is 2.35. The standard InChI is InChI=1S/C23H25ClN4O4/c1-26-13-16(22(31)27-9-3-2-4-10-27)11-19(23(26)32)25-21(30)15-12-20(29)28(14-15)18-7-5-17(24)6-8-18/h5-8,11,13,15H,2-4,9-10,12,14H2,1H3,(H,25,30).